The molecule has 0 spiro atoms. The van der Waals surface area contributed by atoms with Crippen molar-refractivity contribution >= 4 is 25.5 Å². The van der Waals surface area contributed by atoms with Gasteiger partial charge in [0.2, 0.25) is 10.0 Å². The molecule has 1 aromatic carbocycles. The number of hydrogen-bond donors (Lipinski definition) is 1. The molecule has 1 aromatic rings. The number of rotatable bonds is 3. The van der Waals surface area contributed by atoms with Crippen LogP contribution in [0.4, 0.5) is 5.69 Å². The van der Waals surface area contributed by atoms with Crippen LogP contribution in [-0.2, 0) is 24.6 Å². The lowest BCUT2D eigenvalue weighted by Crippen LogP contribution is -2.46. The molecule has 22 heavy (non-hydrogen) atoms. The topological polar surface area (TPSA) is 107 Å². The molecular formula is C13H20N2O5S2. The minimum Gasteiger partial charge on any atom is -0.372 e. The third-order valence-corrected chi connectivity index (χ3v) is 5.46. The number of anilines is 1. The summed E-state index contributed by atoms with van der Waals surface area (Å²) in [4.78, 5) is 1.63. The zero-order valence-electron chi connectivity index (χ0n) is 12.7. The first kappa shape index (κ1) is 17.2. The second-order valence-electron chi connectivity index (χ2n) is 5.61. The Kier molecular flexibility index (Phi) is 4.54. The number of hydrogen-bond acceptors (Lipinski definition) is 6. The van der Waals surface area contributed by atoms with Gasteiger partial charge in [0.1, 0.15) is 0 Å². The standard InChI is InChI=1S/C13H20N2O5S2/c1-9-7-15(8-10(2)20-9)12-5-4-11(22(14,18)19)6-13(12)21(3,16)17/h4-6,9-10H,7-8H2,1-3H3,(H2,14,18,19)/t9-,10-/m1/s1. The summed E-state index contributed by atoms with van der Waals surface area (Å²) in [5, 5.41) is 5.09. The highest BCUT2D eigenvalue weighted by Crippen LogP contribution is 2.30. The third-order valence-electron chi connectivity index (χ3n) is 3.42. The Morgan fingerprint density at radius 1 is 1.14 bits per heavy atom. The van der Waals surface area contributed by atoms with Gasteiger partial charge in [-0.2, -0.15) is 0 Å². The molecule has 1 heterocycles. The summed E-state index contributed by atoms with van der Waals surface area (Å²) < 4.78 is 52.6. The van der Waals surface area contributed by atoms with Crippen LogP contribution in [0.3, 0.4) is 0 Å². The number of nitrogens with two attached hydrogens (primary N) is 1. The van der Waals surface area contributed by atoms with Crippen molar-refractivity contribution in [1.29, 1.82) is 0 Å². The van der Waals surface area contributed by atoms with Crippen molar-refractivity contribution in [2.75, 3.05) is 24.2 Å². The van der Waals surface area contributed by atoms with Crippen LogP contribution in [0.15, 0.2) is 28.0 Å². The minimum absolute atomic E-state index is 0.0414. The number of benzene rings is 1. The van der Waals surface area contributed by atoms with Gasteiger partial charge in [0.15, 0.2) is 9.84 Å². The highest BCUT2D eigenvalue weighted by atomic mass is 32.2. The van der Waals surface area contributed by atoms with Crippen LogP contribution >= 0.6 is 0 Å². The quantitative estimate of drug-likeness (QED) is 0.845. The van der Waals surface area contributed by atoms with E-state index >= 15 is 0 Å². The van der Waals surface area contributed by atoms with E-state index in [0.717, 1.165) is 12.3 Å². The van der Waals surface area contributed by atoms with E-state index in [4.69, 9.17) is 9.88 Å². The number of morpholine rings is 1. The van der Waals surface area contributed by atoms with Gasteiger partial charge >= 0.3 is 0 Å². The van der Waals surface area contributed by atoms with Crippen molar-refractivity contribution in [3.05, 3.63) is 18.2 Å². The normalized spacial score (nSPS) is 23.5. The zero-order chi connectivity index (χ0) is 16.7. The smallest absolute Gasteiger partial charge is 0.238 e. The molecule has 0 aliphatic carbocycles. The summed E-state index contributed by atoms with van der Waals surface area (Å²) >= 11 is 0. The van der Waals surface area contributed by atoms with Gasteiger partial charge in [0.05, 0.1) is 27.7 Å². The lowest BCUT2D eigenvalue weighted by molar-refractivity contribution is -0.00537. The molecule has 0 aromatic heterocycles. The summed E-state index contributed by atoms with van der Waals surface area (Å²) in [6.07, 6.45) is 0.953. The Morgan fingerprint density at radius 3 is 2.14 bits per heavy atom. The molecule has 0 bridgehead atoms. The molecule has 0 radical (unpaired) electrons. The maximum atomic E-state index is 12.0. The van der Waals surface area contributed by atoms with E-state index in [2.05, 4.69) is 0 Å². The van der Waals surface area contributed by atoms with Gasteiger partial charge < -0.3 is 9.64 Å². The summed E-state index contributed by atoms with van der Waals surface area (Å²) in [6, 6.07) is 3.93. The predicted molar refractivity (Wildman–Crippen MR) is 83.1 cm³/mol. The lowest BCUT2D eigenvalue weighted by atomic mass is 10.2. The zero-order valence-corrected chi connectivity index (χ0v) is 14.3. The van der Waals surface area contributed by atoms with E-state index in [-0.39, 0.29) is 22.0 Å². The van der Waals surface area contributed by atoms with Crippen LogP contribution in [0.25, 0.3) is 0 Å². The number of sulfone groups is 1. The number of primary sulfonamides is 1. The average molecular weight is 348 g/mol. The molecule has 124 valence electrons. The Hall–Kier alpha value is -1.16. The van der Waals surface area contributed by atoms with E-state index in [0.29, 0.717) is 18.8 Å². The molecule has 1 saturated heterocycles. The fraction of sp³-hybridized carbons (Fsp3) is 0.538. The molecule has 9 heteroatoms. The van der Waals surface area contributed by atoms with Crippen molar-refractivity contribution in [1.82, 2.24) is 0 Å². The average Bonchev–Trinajstić information content (AvgIpc) is 2.34. The summed E-state index contributed by atoms with van der Waals surface area (Å²) in [6.45, 7) is 4.87. The largest absolute Gasteiger partial charge is 0.372 e. The van der Waals surface area contributed by atoms with Gasteiger partial charge in [0.25, 0.3) is 0 Å². The second kappa shape index (κ2) is 5.80. The van der Waals surface area contributed by atoms with Gasteiger partial charge in [-0.25, -0.2) is 22.0 Å². The van der Waals surface area contributed by atoms with E-state index in [1.807, 2.05) is 18.7 Å². The third kappa shape index (κ3) is 3.78. The van der Waals surface area contributed by atoms with Crippen LogP contribution < -0.4 is 10.0 Å². The van der Waals surface area contributed by atoms with E-state index in [9.17, 15) is 16.8 Å². The molecule has 2 rings (SSSR count). The van der Waals surface area contributed by atoms with Crippen molar-refractivity contribution < 1.29 is 21.6 Å². The molecule has 1 fully saturated rings. The van der Waals surface area contributed by atoms with Crippen LogP contribution in [-0.4, -0.2) is 48.4 Å². The van der Waals surface area contributed by atoms with Crippen molar-refractivity contribution in [2.24, 2.45) is 5.14 Å². The first-order chi connectivity index (χ1) is 9.98. The fourth-order valence-corrected chi connectivity index (χ4v) is 4.14. The minimum atomic E-state index is -3.96. The Labute approximate surface area is 131 Å². The highest BCUT2D eigenvalue weighted by molar-refractivity contribution is 7.91. The fourth-order valence-electron chi connectivity index (χ4n) is 2.60. The monoisotopic (exact) mass is 348 g/mol. The second-order valence-corrected chi connectivity index (χ2v) is 9.15. The Balaban J connectivity index is 2.56. The molecule has 0 saturated carbocycles. The predicted octanol–water partition coefficient (Wildman–Crippen LogP) is 0.351. The van der Waals surface area contributed by atoms with Gasteiger partial charge in [-0.3, -0.25) is 0 Å². The molecule has 1 aliphatic heterocycles. The van der Waals surface area contributed by atoms with Crippen LogP contribution in [0.5, 0.6) is 0 Å². The van der Waals surface area contributed by atoms with E-state index < -0.39 is 19.9 Å². The molecule has 0 unspecified atom stereocenters. The molecular weight excluding hydrogens is 328 g/mol. The first-order valence-electron chi connectivity index (χ1n) is 6.76. The molecule has 1 aliphatic rings. The number of nitrogens with zero attached hydrogens (tertiary/aromatic N) is 1. The van der Waals surface area contributed by atoms with Crippen LogP contribution in [0, 0.1) is 0 Å². The number of ether oxygens (including phenoxy) is 1. The maximum Gasteiger partial charge on any atom is 0.238 e. The van der Waals surface area contributed by atoms with Gasteiger partial charge in [-0.05, 0) is 32.0 Å². The van der Waals surface area contributed by atoms with Crippen molar-refractivity contribution in [3.8, 4) is 0 Å². The highest BCUT2D eigenvalue weighted by Gasteiger charge is 2.27. The maximum absolute atomic E-state index is 12.0. The summed E-state index contributed by atoms with van der Waals surface area (Å²) in [5.74, 6) is 0. The summed E-state index contributed by atoms with van der Waals surface area (Å²) in [5.41, 5.74) is 0.469. The van der Waals surface area contributed by atoms with Crippen molar-refractivity contribution in [2.45, 2.75) is 35.8 Å². The molecule has 2 N–H and O–H groups in total. The molecule has 7 nitrogen and oxygen atoms in total. The SMILES string of the molecule is C[C@@H]1CN(c2ccc(S(N)(=O)=O)cc2S(C)(=O)=O)C[C@@H](C)O1. The van der Waals surface area contributed by atoms with Gasteiger partial charge in [-0.1, -0.05) is 0 Å². The number of sulfonamides is 1. The van der Waals surface area contributed by atoms with Gasteiger partial charge in [0, 0.05) is 19.3 Å². The Bertz CT molecular complexity index is 764. The van der Waals surface area contributed by atoms with E-state index in [1.165, 1.54) is 12.1 Å². The molecule has 0 amide bonds. The van der Waals surface area contributed by atoms with Crippen molar-refractivity contribution in [3.63, 3.8) is 0 Å². The first-order valence-corrected chi connectivity index (χ1v) is 10.2. The van der Waals surface area contributed by atoms with E-state index in [1.54, 1.807) is 0 Å². The Morgan fingerprint density at radius 2 is 1.68 bits per heavy atom. The molecule has 2 atom stereocenters. The van der Waals surface area contributed by atoms with Gasteiger partial charge in [-0.15, -0.1) is 0 Å². The van der Waals surface area contributed by atoms with Crippen LogP contribution in [0.1, 0.15) is 13.8 Å². The van der Waals surface area contributed by atoms with Crippen LogP contribution in [0.2, 0.25) is 0 Å². The summed E-state index contributed by atoms with van der Waals surface area (Å²) in [7, 11) is -7.57. The lowest BCUT2D eigenvalue weighted by Gasteiger charge is -2.37.